The first-order chi connectivity index (χ1) is 9.26. The van der Waals surface area contributed by atoms with Gasteiger partial charge in [0.1, 0.15) is 11.4 Å². The molecule has 0 spiro atoms. The molecule has 1 heterocycles. The van der Waals surface area contributed by atoms with Gasteiger partial charge < -0.3 is 14.9 Å². The molecule has 1 amide bonds. The second-order valence-electron chi connectivity index (χ2n) is 5.79. The number of aliphatic hydroxyl groups is 1. The molecule has 1 fully saturated rings. The maximum Gasteiger partial charge on any atom is 0.247 e. The summed E-state index contributed by atoms with van der Waals surface area (Å²) in [5.41, 5.74) is 0.00290. The van der Waals surface area contributed by atoms with Gasteiger partial charge in [-0.3, -0.25) is 4.79 Å². The van der Waals surface area contributed by atoms with E-state index in [1.807, 2.05) is 0 Å². The molecule has 110 valence electrons. The summed E-state index contributed by atoms with van der Waals surface area (Å²) in [6.07, 6.45) is -0.786. The van der Waals surface area contributed by atoms with Crippen molar-refractivity contribution in [3.63, 3.8) is 0 Å². The maximum atomic E-state index is 14.3. The van der Waals surface area contributed by atoms with Crippen molar-refractivity contribution in [1.82, 2.24) is 4.90 Å². The number of halogens is 1. The lowest BCUT2D eigenvalue weighted by Crippen LogP contribution is -2.62. The van der Waals surface area contributed by atoms with Crippen molar-refractivity contribution in [2.75, 3.05) is 25.0 Å². The van der Waals surface area contributed by atoms with E-state index in [-0.39, 0.29) is 5.91 Å². The van der Waals surface area contributed by atoms with Crippen LogP contribution in [0.3, 0.4) is 0 Å². The van der Waals surface area contributed by atoms with Crippen LogP contribution < -0.4 is 4.90 Å². The molecule has 5 heteroatoms. The Morgan fingerprint density at radius 2 is 2.00 bits per heavy atom. The van der Waals surface area contributed by atoms with E-state index in [4.69, 9.17) is 0 Å². The zero-order chi connectivity index (χ0) is 15.1. The first-order valence-electron chi connectivity index (χ1n) is 6.76. The summed E-state index contributed by atoms with van der Waals surface area (Å²) >= 11 is 0. The molecule has 0 aromatic heterocycles. The fourth-order valence-electron chi connectivity index (χ4n) is 2.76. The van der Waals surface area contributed by atoms with Crippen molar-refractivity contribution >= 4 is 11.6 Å². The minimum Gasteiger partial charge on any atom is -0.389 e. The summed E-state index contributed by atoms with van der Waals surface area (Å²) in [6.45, 7) is 6.24. The summed E-state index contributed by atoms with van der Waals surface area (Å²) < 4.78 is 14.3. The molecule has 0 radical (unpaired) electrons. The zero-order valence-electron chi connectivity index (χ0n) is 12.4. The molecular formula is C15H21FN2O2. The number of hydrogen-bond donors (Lipinski definition) is 1. The van der Waals surface area contributed by atoms with Gasteiger partial charge in [-0.05, 0) is 26.8 Å². The number of amides is 1. The van der Waals surface area contributed by atoms with E-state index in [0.717, 1.165) is 0 Å². The molecule has 0 bridgehead atoms. The molecule has 2 rings (SSSR count). The standard InChI is InChI=1S/C15H21FN2O2/c1-10(19)11-6-5-7-12(16)13(11)18-9-8-17(4)14(20)15(18,2)3/h5-7,10,19H,8-9H2,1-4H3/t10-/m1/s1. The largest absolute Gasteiger partial charge is 0.389 e. The predicted octanol–water partition coefficient (Wildman–Crippen LogP) is 1.94. The number of benzene rings is 1. The van der Waals surface area contributed by atoms with E-state index in [2.05, 4.69) is 0 Å². The molecule has 0 unspecified atom stereocenters. The van der Waals surface area contributed by atoms with E-state index >= 15 is 0 Å². The molecule has 1 aliphatic rings. The lowest BCUT2D eigenvalue weighted by atomic mass is 9.94. The van der Waals surface area contributed by atoms with Gasteiger partial charge in [0.15, 0.2) is 0 Å². The highest BCUT2D eigenvalue weighted by atomic mass is 19.1. The van der Waals surface area contributed by atoms with Crippen molar-refractivity contribution in [2.24, 2.45) is 0 Å². The molecule has 20 heavy (non-hydrogen) atoms. The van der Waals surface area contributed by atoms with Crippen LogP contribution in [0, 0.1) is 5.82 Å². The average Bonchev–Trinajstić information content (AvgIpc) is 2.37. The highest BCUT2D eigenvalue weighted by Gasteiger charge is 2.42. The van der Waals surface area contributed by atoms with Gasteiger partial charge in [0.2, 0.25) is 5.91 Å². The molecule has 1 aromatic carbocycles. The third-order valence-electron chi connectivity index (χ3n) is 3.94. The summed E-state index contributed by atoms with van der Waals surface area (Å²) in [4.78, 5) is 15.7. The number of likely N-dealkylation sites (N-methyl/N-ethyl adjacent to an activating group) is 1. The van der Waals surface area contributed by atoms with E-state index in [9.17, 15) is 14.3 Å². The zero-order valence-corrected chi connectivity index (χ0v) is 12.4. The number of hydrogen-bond acceptors (Lipinski definition) is 3. The summed E-state index contributed by atoms with van der Waals surface area (Å²) in [7, 11) is 1.75. The topological polar surface area (TPSA) is 43.8 Å². The summed E-state index contributed by atoms with van der Waals surface area (Å²) in [5.74, 6) is -0.461. The third-order valence-corrected chi connectivity index (χ3v) is 3.94. The Kier molecular flexibility index (Phi) is 3.73. The van der Waals surface area contributed by atoms with E-state index in [1.165, 1.54) is 6.07 Å². The summed E-state index contributed by atoms with van der Waals surface area (Å²) in [5, 5.41) is 9.86. The monoisotopic (exact) mass is 280 g/mol. The number of carbonyl (C=O) groups excluding carboxylic acids is 1. The van der Waals surface area contributed by atoms with Gasteiger partial charge in [-0.2, -0.15) is 0 Å². The molecule has 0 saturated carbocycles. The lowest BCUT2D eigenvalue weighted by molar-refractivity contribution is -0.136. The highest BCUT2D eigenvalue weighted by Crippen LogP contribution is 2.35. The molecule has 1 aliphatic heterocycles. The molecule has 0 aliphatic carbocycles. The van der Waals surface area contributed by atoms with Crippen LogP contribution in [0.15, 0.2) is 18.2 Å². The van der Waals surface area contributed by atoms with Gasteiger partial charge >= 0.3 is 0 Å². The van der Waals surface area contributed by atoms with Crippen LogP contribution in [0.1, 0.15) is 32.4 Å². The Bertz CT molecular complexity index is 529. The van der Waals surface area contributed by atoms with Crippen molar-refractivity contribution in [1.29, 1.82) is 0 Å². The van der Waals surface area contributed by atoms with Crippen molar-refractivity contribution < 1.29 is 14.3 Å². The van der Waals surface area contributed by atoms with Gasteiger partial charge in [-0.15, -0.1) is 0 Å². The Morgan fingerprint density at radius 3 is 2.60 bits per heavy atom. The third kappa shape index (κ3) is 2.26. The van der Waals surface area contributed by atoms with Gasteiger partial charge in [0, 0.05) is 25.7 Å². The van der Waals surface area contributed by atoms with Gasteiger partial charge in [0.05, 0.1) is 11.8 Å². The Balaban J connectivity index is 2.54. The second-order valence-corrected chi connectivity index (χ2v) is 5.79. The minimum atomic E-state index is -0.834. The van der Waals surface area contributed by atoms with Crippen molar-refractivity contribution in [3.8, 4) is 0 Å². The van der Waals surface area contributed by atoms with Crippen LogP contribution in [-0.2, 0) is 4.79 Å². The van der Waals surface area contributed by atoms with E-state index < -0.39 is 17.5 Å². The van der Waals surface area contributed by atoms with Crippen molar-refractivity contribution in [3.05, 3.63) is 29.6 Å². The van der Waals surface area contributed by atoms with Gasteiger partial charge in [-0.25, -0.2) is 4.39 Å². The van der Waals surface area contributed by atoms with Crippen molar-refractivity contribution in [2.45, 2.75) is 32.4 Å². The van der Waals surface area contributed by atoms with Gasteiger partial charge in [0.25, 0.3) is 0 Å². The molecule has 1 aromatic rings. The number of carbonyl (C=O) groups is 1. The highest BCUT2D eigenvalue weighted by molar-refractivity contribution is 5.90. The van der Waals surface area contributed by atoms with Crippen LogP contribution in [0.4, 0.5) is 10.1 Å². The number of anilines is 1. The minimum absolute atomic E-state index is 0.0523. The Hall–Kier alpha value is -1.62. The average molecular weight is 280 g/mol. The predicted molar refractivity (Wildman–Crippen MR) is 76.1 cm³/mol. The van der Waals surface area contributed by atoms with Crippen LogP contribution in [0.5, 0.6) is 0 Å². The molecular weight excluding hydrogens is 259 g/mol. The number of piperazine rings is 1. The lowest BCUT2D eigenvalue weighted by Gasteiger charge is -2.47. The number of nitrogens with zero attached hydrogens (tertiary/aromatic N) is 2. The molecule has 1 saturated heterocycles. The van der Waals surface area contributed by atoms with Crippen LogP contribution in [0.2, 0.25) is 0 Å². The first kappa shape index (κ1) is 14.8. The number of para-hydroxylation sites is 1. The van der Waals surface area contributed by atoms with Gasteiger partial charge in [-0.1, -0.05) is 12.1 Å². The van der Waals surface area contributed by atoms with Crippen LogP contribution >= 0.6 is 0 Å². The first-order valence-corrected chi connectivity index (χ1v) is 6.76. The fourth-order valence-corrected chi connectivity index (χ4v) is 2.76. The molecule has 1 atom stereocenters. The maximum absolute atomic E-state index is 14.3. The Labute approximate surface area is 118 Å². The van der Waals surface area contributed by atoms with Crippen LogP contribution in [-0.4, -0.2) is 41.6 Å². The SMILES string of the molecule is C[C@@H](O)c1cccc(F)c1N1CCN(C)C(=O)C1(C)C. The summed E-state index contributed by atoms with van der Waals surface area (Å²) in [6, 6.07) is 4.63. The fraction of sp³-hybridized carbons (Fsp3) is 0.533. The van der Waals surface area contributed by atoms with E-state index in [1.54, 1.807) is 49.8 Å². The number of aliphatic hydroxyl groups excluding tert-OH is 1. The normalized spacial score (nSPS) is 20.2. The Morgan fingerprint density at radius 1 is 1.35 bits per heavy atom. The smallest absolute Gasteiger partial charge is 0.247 e. The van der Waals surface area contributed by atoms with E-state index in [0.29, 0.717) is 24.3 Å². The second kappa shape index (κ2) is 5.05. The molecule has 1 N–H and O–H groups in total. The number of rotatable bonds is 2. The quantitative estimate of drug-likeness (QED) is 0.900. The molecule has 4 nitrogen and oxygen atoms in total. The van der Waals surface area contributed by atoms with Crippen LogP contribution in [0.25, 0.3) is 0 Å².